The van der Waals surface area contributed by atoms with Gasteiger partial charge in [0.15, 0.2) is 46.3 Å². The van der Waals surface area contributed by atoms with Gasteiger partial charge in [0.2, 0.25) is 0 Å². The maximum atomic E-state index is 15.0. The number of rotatable bonds is 55. The van der Waals surface area contributed by atoms with Crippen LogP contribution < -0.4 is 67.6 Å². The van der Waals surface area contributed by atoms with Gasteiger partial charge in [-0.25, -0.2) is 0 Å². The average molecular weight is 1590 g/mol. The van der Waals surface area contributed by atoms with E-state index < -0.39 is 59.4 Å². The Kier molecular flexibility index (Phi) is 37.4. The molecule has 0 aromatic heterocycles. The van der Waals surface area contributed by atoms with Crippen LogP contribution in [-0.2, 0) is 44.9 Å². The predicted octanol–water partition coefficient (Wildman–Crippen LogP) is 9.56. The summed E-state index contributed by atoms with van der Waals surface area (Å²) < 4.78 is 22.4. The van der Waals surface area contributed by atoms with Crippen molar-refractivity contribution in [1.29, 1.82) is 0 Å². The molecule has 8 rings (SSSR count). The number of hydrogen-bond donors (Lipinski definition) is 9. The Morgan fingerprint density at radius 1 is 0.299 bits per heavy atom. The minimum Gasteiger partial charge on any atom is -0.496 e. The van der Waals surface area contributed by atoms with E-state index in [-0.39, 0.29) is 151 Å². The lowest BCUT2D eigenvalue weighted by molar-refractivity contribution is -0.121. The van der Waals surface area contributed by atoms with Crippen LogP contribution in [-0.4, -0.2) is 175 Å². The smallest absolute Gasteiger partial charge is 0.255 e. The van der Waals surface area contributed by atoms with Crippen molar-refractivity contribution < 1.29 is 76.5 Å². The topological polar surface area (TPSA) is 378 Å². The highest BCUT2D eigenvalue weighted by Gasteiger charge is 2.30. The zero-order valence-corrected chi connectivity index (χ0v) is 66.9. The van der Waals surface area contributed by atoms with Crippen LogP contribution in [0.15, 0.2) is 194 Å². The summed E-state index contributed by atoms with van der Waals surface area (Å²) in [5.74, 6) is -3.97. The van der Waals surface area contributed by atoms with Gasteiger partial charge in [-0.2, -0.15) is 0 Å². The number of benzene rings is 8. The summed E-state index contributed by atoms with van der Waals surface area (Å²) in [5, 5.41) is 21.5. The van der Waals surface area contributed by atoms with Gasteiger partial charge in [-0.05, 0) is 168 Å². The molecule has 25 nitrogen and oxygen atoms in total. The number of nitrogens with one attached hydrogen (secondary N) is 7. The van der Waals surface area contributed by atoms with Gasteiger partial charge in [0.05, 0.1) is 101 Å². The molecule has 0 aliphatic heterocycles. The van der Waals surface area contributed by atoms with Crippen LogP contribution in [0.4, 0.5) is 0 Å². The standard InChI is InChI=1S/C92H107N9O16/c1-114-85-41-37-61(49-69(85)89(94)110)54-78(103)74(34-18-22-46-96-58-82(107)66-27-11-6-12-28-66)99-91(112)71-51-63(39-43-87(71)116-3)56-80(105)76(36-20-24-48-98-60-84(109)68-31-15-8-16-32-68)101-92(113)72-52-64(40-44-88(72)117-4)55-79(104)75(35-19-23-47-97-59-83(108)67-29-13-7-14-30-67)100-90(111)70-50-62(38-42-86(70)115-2)53-77(102)73(93)33-17-21-45-95-57-81(106)65-25-9-5-10-26-65/h5-16,25-32,37-44,49-52,73-76,95-98H,17-24,33-36,45-48,53-60,93H2,1-4H3,(H2,94,110)(H,99,112)(H,100,111)(H,101,113)/t73-,74-,75-,76-/m0/s1. The molecule has 616 valence electrons. The molecule has 0 radical (unpaired) electrons. The first-order valence-corrected chi connectivity index (χ1v) is 39.6. The number of carbonyl (C=O) groups excluding carboxylic acids is 12. The summed E-state index contributed by atoms with van der Waals surface area (Å²) in [6.45, 7) is 2.23. The molecule has 0 heterocycles. The minimum absolute atomic E-state index is 0.00309. The molecule has 0 unspecified atom stereocenters. The number of ether oxygens (including phenoxy) is 4. The van der Waals surface area contributed by atoms with E-state index >= 15 is 0 Å². The number of Topliss-reactive ketones (excluding diaryl/α,β-unsaturated/α-hetero) is 8. The first-order chi connectivity index (χ1) is 56.7. The molecule has 117 heavy (non-hydrogen) atoms. The second-order valence-corrected chi connectivity index (χ2v) is 28.6. The summed E-state index contributed by atoms with van der Waals surface area (Å²) in [6.07, 6.45) is 4.08. The van der Waals surface area contributed by atoms with Gasteiger partial charge in [-0.3, -0.25) is 57.5 Å². The molecule has 0 saturated heterocycles. The second kappa shape index (κ2) is 48.4. The Balaban J connectivity index is 0.978. The van der Waals surface area contributed by atoms with E-state index in [0.29, 0.717) is 128 Å². The third-order valence-electron chi connectivity index (χ3n) is 20.0. The van der Waals surface area contributed by atoms with E-state index in [9.17, 15) is 57.5 Å². The molecule has 0 saturated carbocycles. The third kappa shape index (κ3) is 29.4. The van der Waals surface area contributed by atoms with Crippen LogP contribution in [0.5, 0.6) is 23.0 Å². The number of ketones is 8. The number of hydrogen-bond acceptors (Lipinski definition) is 21. The molecule has 8 aromatic rings. The maximum absolute atomic E-state index is 15.0. The average Bonchev–Trinajstić information content (AvgIpc) is 0.831. The van der Waals surface area contributed by atoms with Crippen molar-refractivity contribution >= 4 is 69.9 Å². The van der Waals surface area contributed by atoms with E-state index in [4.69, 9.17) is 30.4 Å². The Labute approximate surface area is 683 Å². The van der Waals surface area contributed by atoms with E-state index in [1.807, 2.05) is 36.4 Å². The van der Waals surface area contributed by atoms with Crippen LogP contribution >= 0.6 is 0 Å². The quantitative estimate of drug-likeness (QED) is 0.0126. The lowest BCUT2D eigenvalue weighted by Crippen LogP contribution is -2.42. The summed E-state index contributed by atoms with van der Waals surface area (Å²) >= 11 is 0. The van der Waals surface area contributed by atoms with Gasteiger partial charge in [-0.15, -0.1) is 0 Å². The zero-order valence-electron chi connectivity index (χ0n) is 66.9. The van der Waals surface area contributed by atoms with Gasteiger partial charge in [0, 0.05) is 47.9 Å². The highest BCUT2D eigenvalue weighted by atomic mass is 16.5. The van der Waals surface area contributed by atoms with E-state index in [0.717, 1.165) is 0 Å². The van der Waals surface area contributed by atoms with Crippen LogP contribution in [0, 0.1) is 0 Å². The van der Waals surface area contributed by atoms with Crippen molar-refractivity contribution in [3.8, 4) is 23.0 Å². The molecule has 25 heteroatoms. The molecular weight excluding hydrogens is 1490 g/mol. The largest absolute Gasteiger partial charge is 0.496 e. The van der Waals surface area contributed by atoms with Crippen molar-refractivity contribution in [3.63, 3.8) is 0 Å². The van der Waals surface area contributed by atoms with Gasteiger partial charge < -0.3 is 67.6 Å². The SMILES string of the molecule is COc1ccc(CC(=O)[C@H](CCCCNCC(=O)c2ccccc2)NC(=O)c2cc(CC(=O)[C@H](CCCCNCC(=O)c3ccccc3)NC(=O)c3cc(CC(=O)[C@H](CCCCNCC(=O)c4ccccc4)NC(=O)c4cc(CC(=O)[C@@H](N)CCCCNCC(=O)c5ccccc5)ccc4OC)ccc3OC)ccc2OC)cc1C(N)=O. The minimum atomic E-state index is -1.15. The molecule has 4 atom stereocenters. The van der Waals surface area contributed by atoms with E-state index in [2.05, 4.69) is 37.2 Å². The highest BCUT2D eigenvalue weighted by molar-refractivity contribution is 6.05. The van der Waals surface area contributed by atoms with Crippen LogP contribution in [0.1, 0.15) is 182 Å². The van der Waals surface area contributed by atoms with E-state index in [1.54, 1.807) is 115 Å². The fraction of sp³-hybridized carbons (Fsp3) is 0.348. The third-order valence-corrected chi connectivity index (χ3v) is 20.0. The van der Waals surface area contributed by atoms with Crippen molar-refractivity contribution in [2.45, 2.75) is 127 Å². The Morgan fingerprint density at radius 2 is 0.538 bits per heavy atom. The number of amides is 4. The van der Waals surface area contributed by atoms with Crippen molar-refractivity contribution in [2.24, 2.45) is 11.5 Å². The van der Waals surface area contributed by atoms with Crippen molar-refractivity contribution in [1.82, 2.24) is 37.2 Å². The number of methoxy groups -OCH3 is 4. The first-order valence-electron chi connectivity index (χ1n) is 39.6. The predicted molar refractivity (Wildman–Crippen MR) is 447 cm³/mol. The van der Waals surface area contributed by atoms with Gasteiger partial charge in [-0.1, -0.05) is 152 Å². The Morgan fingerprint density at radius 3 is 0.795 bits per heavy atom. The molecule has 0 aliphatic rings. The molecule has 11 N–H and O–H groups in total. The summed E-state index contributed by atoms with van der Waals surface area (Å²) in [6, 6.07) is 50.1. The molecule has 8 aromatic carbocycles. The molecule has 0 fully saturated rings. The zero-order chi connectivity index (χ0) is 83.9. The number of primary amides is 1. The number of unbranched alkanes of at least 4 members (excludes halogenated alkanes) is 4. The number of carbonyl (C=O) groups is 12. The van der Waals surface area contributed by atoms with Crippen LogP contribution in [0.2, 0.25) is 0 Å². The van der Waals surface area contributed by atoms with E-state index in [1.165, 1.54) is 70.9 Å². The lowest BCUT2D eigenvalue weighted by Gasteiger charge is -2.21. The Hall–Kier alpha value is -12.0. The van der Waals surface area contributed by atoms with Crippen LogP contribution in [0.3, 0.4) is 0 Å². The summed E-state index contributed by atoms with van der Waals surface area (Å²) in [7, 11) is 5.53. The normalized spacial score (nSPS) is 12.0. The molecule has 0 aliphatic carbocycles. The highest BCUT2D eigenvalue weighted by Crippen LogP contribution is 2.27. The lowest BCUT2D eigenvalue weighted by atomic mass is 9.95. The molecule has 0 bridgehead atoms. The summed E-state index contributed by atoms with van der Waals surface area (Å²) in [4.78, 5) is 166. The summed E-state index contributed by atoms with van der Waals surface area (Å²) in [5.41, 5.74) is 16.2. The number of nitrogens with two attached hydrogens (primary N) is 2. The second-order valence-electron chi connectivity index (χ2n) is 28.6. The fourth-order valence-corrected chi connectivity index (χ4v) is 13.4. The van der Waals surface area contributed by atoms with Gasteiger partial charge in [0.1, 0.15) is 23.0 Å². The van der Waals surface area contributed by atoms with Gasteiger partial charge >= 0.3 is 0 Å². The molecular formula is C92H107N9O16. The van der Waals surface area contributed by atoms with Crippen molar-refractivity contribution in [2.75, 3.05) is 80.8 Å². The fourth-order valence-electron chi connectivity index (χ4n) is 13.4. The monoisotopic (exact) mass is 1590 g/mol. The Bertz CT molecular complexity index is 4680. The van der Waals surface area contributed by atoms with Gasteiger partial charge in [0.25, 0.3) is 23.6 Å². The maximum Gasteiger partial charge on any atom is 0.255 e. The molecule has 0 spiro atoms. The first kappa shape index (κ1) is 90.5. The van der Waals surface area contributed by atoms with Crippen molar-refractivity contribution in [3.05, 3.63) is 261 Å². The molecule has 4 amide bonds. The van der Waals surface area contributed by atoms with Crippen LogP contribution in [0.25, 0.3) is 0 Å².